The molecule has 2 N–H and O–H groups in total. The summed E-state index contributed by atoms with van der Waals surface area (Å²) in [5, 5.41) is 6.42. The summed E-state index contributed by atoms with van der Waals surface area (Å²) in [5.41, 5.74) is 1.17. The average Bonchev–Trinajstić information content (AvgIpc) is 2.97. The average molecular weight is 383 g/mol. The molecule has 2 rings (SSSR count). The van der Waals surface area contributed by atoms with Gasteiger partial charge < -0.3 is 15.4 Å². The number of rotatable bonds is 9. The van der Waals surface area contributed by atoms with Crippen LogP contribution in [0.3, 0.4) is 0 Å². The van der Waals surface area contributed by atoms with Crippen LogP contribution in [0.5, 0.6) is 0 Å². The van der Waals surface area contributed by atoms with Gasteiger partial charge in [0.25, 0.3) is 0 Å². The number of nitrogens with one attached hydrogen (secondary N) is 2. The van der Waals surface area contributed by atoms with E-state index in [1.165, 1.54) is 9.87 Å². The van der Waals surface area contributed by atoms with E-state index in [4.69, 9.17) is 4.74 Å². The van der Waals surface area contributed by atoms with Crippen LogP contribution in [-0.4, -0.2) is 64.3 Å². The van der Waals surface area contributed by atoms with Gasteiger partial charge in [0.2, 0.25) is 10.0 Å². The van der Waals surface area contributed by atoms with Gasteiger partial charge in [-0.25, -0.2) is 12.7 Å². The second kappa shape index (κ2) is 10.5. The Bertz CT molecular complexity index is 664. The van der Waals surface area contributed by atoms with Crippen molar-refractivity contribution in [3.05, 3.63) is 35.9 Å². The van der Waals surface area contributed by atoms with Crippen LogP contribution in [0.4, 0.5) is 0 Å². The van der Waals surface area contributed by atoms with Gasteiger partial charge >= 0.3 is 0 Å². The first kappa shape index (κ1) is 20.7. The molecule has 1 atom stereocenters. The van der Waals surface area contributed by atoms with Gasteiger partial charge in [-0.2, -0.15) is 0 Å². The van der Waals surface area contributed by atoms with Gasteiger partial charge in [0, 0.05) is 33.2 Å². The topological polar surface area (TPSA) is 83.0 Å². The summed E-state index contributed by atoms with van der Waals surface area (Å²) in [6.45, 7) is 5.74. The Hall–Kier alpha value is -1.64. The van der Waals surface area contributed by atoms with Crippen molar-refractivity contribution in [1.82, 2.24) is 14.9 Å². The molecule has 0 aromatic heterocycles. The van der Waals surface area contributed by atoms with Crippen LogP contribution in [0.15, 0.2) is 35.3 Å². The third-order valence-electron chi connectivity index (χ3n) is 4.21. The zero-order valence-electron chi connectivity index (χ0n) is 15.6. The van der Waals surface area contributed by atoms with Crippen LogP contribution in [0.1, 0.15) is 18.9 Å². The molecule has 0 radical (unpaired) electrons. The fourth-order valence-corrected chi connectivity index (χ4v) is 4.27. The quantitative estimate of drug-likeness (QED) is 0.493. The molecule has 26 heavy (non-hydrogen) atoms. The Kier molecular flexibility index (Phi) is 8.34. The van der Waals surface area contributed by atoms with E-state index >= 15 is 0 Å². The molecule has 0 aliphatic carbocycles. The maximum absolute atomic E-state index is 11.8. The van der Waals surface area contributed by atoms with E-state index in [1.807, 2.05) is 18.2 Å². The second-order valence-electron chi connectivity index (χ2n) is 6.55. The summed E-state index contributed by atoms with van der Waals surface area (Å²) >= 11 is 0. The molecule has 0 saturated carbocycles. The van der Waals surface area contributed by atoms with Gasteiger partial charge in [-0.3, -0.25) is 4.99 Å². The molecule has 0 spiro atoms. The first-order valence-corrected chi connectivity index (χ1v) is 10.7. The third kappa shape index (κ3) is 6.93. The van der Waals surface area contributed by atoms with Gasteiger partial charge in [-0.15, -0.1) is 0 Å². The smallest absolute Gasteiger partial charge is 0.214 e. The number of benzene rings is 1. The van der Waals surface area contributed by atoms with Gasteiger partial charge in [0.15, 0.2) is 5.96 Å². The van der Waals surface area contributed by atoms with E-state index < -0.39 is 10.0 Å². The molecular formula is C18H30N4O3S. The number of aliphatic imine (C=N–C) groups is 1. The van der Waals surface area contributed by atoms with Crippen LogP contribution >= 0.6 is 0 Å². The maximum atomic E-state index is 11.8. The first-order valence-electron chi connectivity index (χ1n) is 9.05. The van der Waals surface area contributed by atoms with E-state index in [-0.39, 0.29) is 5.75 Å². The molecule has 1 aromatic rings. The van der Waals surface area contributed by atoms with Crippen molar-refractivity contribution in [3.63, 3.8) is 0 Å². The van der Waals surface area contributed by atoms with Gasteiger partial charge in [0.05, 0.1) is 19.0 Å². The van der Waals surface area contributed by atoms with Crippen molar-refractivity contribution in [1.29, 1.82) is 0 Å². The predicted octanol–water partition coefficient (Wildman–Crippen LogP) is 1.04. The SMILES string of the molecule is CN=C(NCCN1CCCS1(=O)=O)NCC(C)COCc1ccccc1. The van der Waals surface area contributed by atoms with Crippen molar-refractivity contribution in [2.45, 2.75) is 20.0 Å². The van der Waals surface area contributed by atoms with Crippen molar-refractivity contribution in [2.24, 2.45) is 10.9 Å². The van der Waals surface area contributed by atoms with E-state index in [1.54, 1.807) is 7.05 Å². The highest BCUT2D eigenvalue weighted by atomic mass is 32.2. The van der Waals surface area contributed by atoms with Crippen LogP contribution in [0.2, 0.25) is 0 Å². The number of guanidine groups is 1. The standard InChI is InChI=1S/C18H30N4O3S/c1-16(14-25-15-17-7-4-3-5-8-17)13-21-18(19-2)20-9-11-22-10-6-12-26(22,23)24/h3-5,7-8,16H,6,9-15H2,1-2H3,(H2,19,20,21). The predicted molar refractivity (Wildman–Crippen MR) is 105 cm³/mol. The van der Waals surface area contributed by atoms with E-state index in [0.717, 1.165) is 13.0 Å². The number of ether oxygens (including phenoxy) is 1. The number of sulfonamides is 1. The zero-order chi connectivity index (χ0) is 18.8. The van der Waals surface area contributed by atoms with E-state index in [0.29, 0.717) is 44.7 Å². The monoisotopic (exact) mass is 382 g/mol. The summed E-state index contributed by atoms with van der Waals surface area (Å²) in [4.78, 5) is 4.17. The molecule has 146 valence electrons. The zero-order valence-corrected chi connectivity index (χ0v) is 16.5. The highest BCUT2D eigenvalue weighted by Crippen LogP contribution is 2.11. The van der Waals surface area contributed by atoms with E-state index in [9.17, 15) is 8.42 Å². The third-order valence-corrected chi connectivity index (χ3v) is 6.17. The number of hydrogen-bond donors (Lipinski definition) is 2. The normalized spacial score (nSPS) is 18.6. The van der Waals surface area contributed by atoms with Crippen molar-refractivity contribution >= 4 is 16.0 Å². The van der Waals surface area contributed by atoms with Crippen LogP contribution in [0.25, 0.3) is 0 Å². The van der Waals surface area contributed by atoms with Gasteiger partial charge in [0.1, 0.15) is 0 Å². The lowest BCUT2D eigenvalue weighted by molar-refractivity contribution is 0.0931. The van der Waals surface area contributed by atoms with Crippen LogP contribution < -0.4 is 10.6 Å². The lowest BCUT2D eigenvalue weighted by Gasteiger charge is -2.18. The molecule has 1 unspecified atom stereocenters. The maximum Gasteiger partial charge on any atom is 0.214 e. The minimum absolute atomic E-state index is 0.264. The second-order valence-corrected chi connectivity index (χ2v) is 8.64. The molecule has 7 nitrogen and oxygen atoms in total. The Balaban J connectivity index is 1.60. The Morgan fingerprint density at radius 1 is 1.31 bits per heavy atom. The Morgan fingerprint density at radius 2 is 2.08 bits per heavy atom. The van der Waals surface area contributed by atoms with Gasteiger partial charge in [-0.05, 0) is 17.9 Å². The van der Waals surface area contributed by atoms with Gasteiger partial charge in [-0.1, -0.05) is 37.3 Å². The summed E-state index contributed by atoms with van der Waals surface area (Å²) in [7, 11) is -1.33. The molecule has 1 aliphatic heterocycles. The molecule has 1 saturated heterocycles. The number of hydrogen-bond acceptors (Lipinski definition) is 4. The van der Waals surface area contributed by atoms with Crippen LogP contribution in [0, 0.1) is 5.92 Å². The number of nitrogens with zero attached hydrogens (tertiary/aromatic N) is 2. The summed E-state index contributed by atoms with van der Waals surface area (Å²) in [6, 6.07) is 10.1. The van der Waals surface area contributed by atoms with Crippen molar-refractivity contribution in [3.8, 4) is 0 Å². The van der Waals surface area contributed by atoms with Crippen LogP contribution in [-0.2, 0) is 21.4 Å². The summed E-state index contributed by atoms with van der Waals surface area (Å²) < 4.78 is 30.8. The van der Waals surface area contributed by atoms with Crippen molar-refractivity contribution in [2.75, 3.05) is 45.6 Å². The molecule has 1 heterocycles. The molecular weight excluding hydrogens is 352 g/mol. The molecule has 8 heteroatoms. The molecule has 1 aromatic carbocycles. The lowest BCUT2D eigenvalue weighted by Crippen LogP contribution is -2.43. The Labute approximate surface area is 156 Å². The lowest BCUT2D eigenvalue weighted by atomic mass is 10.2. The summed E-state index contributed by atoms with van der Waals surface area (Å²) in [6.07, 6.45) is 0.718. The fraction of sp³-hybridized carbons (Fsp3) is 0.611. The highest BCUT2D eigenvalue weighted by molar-refractivity contribution is 7.89. The van der Waals surface area contributed by atoms with E-state index in [2.05, 4.69) is 34.7 Å². The molecule has 1 aliphatic rings. The molecule has 0 amide bonds. The Morgan fingerprint density at radius 3 is 2.73 bits per heavy atom. The molecule has 0 bridgehead atoms. The first-order chi connectivity index (χ1) is 12.5. The fourth-order valence-electron chi connectivity index (χ4n) is 2.74. The highest BCUT2D eigenvalue weighted by Gasteiger charge is 2.27. The largest absolute Gasteiger partial charge is 0.376 e. The minimum atomic E-state index is -3.03. The van der Waals surface area contributed by atoms with Crippen molar-refractivity contribution < 1.29 is 13.2 Å². The summed E-state index contributed by atoms with van der Waals surface area (Å²) in [5.74, 6) is 1.27. The molecule has 1 fully saturated rings. The minimum Gasteiger partial charge on any atom is -0.376 e.